The van der Waals surface area contributed by atoms with Crippen molar-refractivity contribution in [3.8, 4) is 0 Å². The number of alkyl halides is 3. The molecule has 3 atom stereocenters. The predicted octanol–water partition coefficient (Wildman–Crippen LogP) is 2.89. The summed E-state index contributed by atoms with van der Waals surface area (Å²) in [6, 6.07) is 1.47. The average Bonchev–Trinajstić information content (AvgIpc) is 3.42. The summed E-state index contributed by atoms with van der Waals surface area (Å²) in [5, 5.41) is 3.93. The van der Waals surface area contributed by atoms with Gasteiger partial charge in [0.1, 0.15) is 17.0 Å². The molecule has 0 spiro atoms. The zero-order valence-corrected chi connectivity index (χ0v) is 18.6. The zero-order chi connectivity index (χ0) is 21.8. The van der Waals surface area contributed by atoms with Crippen molar-refractivity contribution in [3.05, 3.63) is 17.3 Å². The molecule has 0 bridgehead atoms. The van der Waals surface area contributed by atoms with Gasteiger partial charge in [0.25, 0.3) is 0 Å². The van der Waals surface area contributed by atoms with Crippen LogP contribution in [0.1, 0.15) is 24.1 Å². The van der Waals surface area contributed by atoms with Crippen molar-refractivity contribution in [1.29, 1.82) is 0 Å². The number of thiophene rings is 1. The SMILES string of the molecule is O=C([C@@H]1CCCN1)N1CC[C@H]2CN(c3ncnc4sc(CC(F)(F)F)cc34)C[C@@]2(S)C1. The van der Waals surface area contributed by atoms with Crippen molar-refractivity contribution in [2.75, 3.05) is 37.6 Å². The fraction of sp³-hybridized carbons (Fsp3) is 0.650. The highest BCUT2D eigenvalue weighted by atomic mass is 32.1. The van der Waals surface area contributed by atoms with Crippen molar-refractivity contribution in [2.24, 2.45) is 5.92 Å². The number of nitrogens with zero attached hydrogens (tertiary/aromatic N) is 4. The molecule has 0 aromatic carbocycles. The third-order valence-corrected chi connectivity index (χ3v) is 8.27. The lowest BCUT2D eigenvalue weighted by molar-refractivity contribution is -0.134. The fourth-order valence-electron chi connectivity index (χ4n) is 5.12. The normalized spacial score (nSPS) is 29.0. The summed E-state index contributed by atoms with van der Waals surface area (Å²) in [6.07, 6.45) is -1.04. The Morgan fingerprint density at radius 3 is 2.90 bits per heavy atom. The van der Waals surface area contributed by atoms with Crippen molar-refractivity contribution in [1.82, 2.24) is 20.2 Å². The summed E-state index contributed by atoms with van der Waals surface area (Å²) in [4.78, 5) is 26.3. The molecule has 0 aliphatic carbocycles. The summed E-state index contributed by atoms with van der Waals surface area (Å²) < 4.78 is 38.2. The lowest BCUT2D eigenvalue weighted by Crippen LogP contribution is -2.55. The summed E-state index contributed by atoms with van der Waals surface area (Å²) in [6.45, 7) is 3.49. The number of likely N-dealkylation sites (tertiary alicyclic amines) is 1. The van der Waals surface area contributed by atoms with Gasteiger partial charge in [0.2, 0.25) is 5.91 Å². The minimum atomic E-state index is -4.25. The number of hydrogen-bond donors (Lipinski definition) is 2. The van der Waals surface area contributed by atoms with Gasteiger partial charge in [-0.25, -0.2) is 9.97 Å². The molecule has 5 heterocycles. The molecule has 3 saturated heterocycles. The standard InChI is InChI=1S/C20H24F3N5OS2/c21-20(22,23)7-13-6-14-16(25-11-26-17(14)31-13)28-8-12-3-5-27(9-19(12,30)10-28)18(29)15-2-1-4-24-15/h6,11-12,15,24,30H,1-5,7-10H2/t12-,15-,19-/m0/s1. The van der Waals surface area contributed by atoms with Gasteiger partial charge >= 0.3 is 6.18 Å². The van der Waals surface area contributed by atoms with E-state index in [4.69, 9.17) is 12.6 Å². The summed E-state index contributed by atoms with van der Waals surface area (Å²) in [5.41, 5.74) is 0. The van der Waals surface area contributed by atoms with E-state index in [2.05, 4.69) is 20.2 Å². The molecule has 3 fully saturated rings. The van der Waals surface area contributed by atoms with Gasteiger partial charge in [-0.2, -0.15) is 25.8 Å². The van der Waals surface area contributed by atoms with Crippen molar-refractivity contribution in [2.45, 2.75) is 42.6 Å². The van der Waals surface area contributed by atoms with Crippen LogP contribution in [0, 0.1) is 5.92 Å². The minimum absolute atomic E-state index is 0.0923. The van der Waals surface area contributed by atoms with E-state index in [1.165, 1.54) is 6.33 Å². The number of halogens is 3. The predicted molar refractivity (Wildman–Crippen MR) is 117 cm³/mol. The average molecular weight is 472 g/mol. The Morgan fingerprint density at radius 2 is 2.16 bits per heavy atom. The van der Waals surface area contributed by atoms with Crippen LogP contribution < -0.4 is 10.2 Å². The van der Waals surface area contributed by atoms with Crippen LogP contribution in [-0.4, -0.2) is 70.5 Å². The smallest absolute Gasteiger partial charge is 0.354 e. The van der Waals surface area contributed by atoms with Crippen molar-refractivity contribution in [3.63, 3.8) is 0 Å². The van der Waals surface area contributed by atoms with Gasteiger partial charge in [0.15, 0.2) is 0 Å². The van der Waals surface area contributed by atoms with Gasteiger partial charge < -0.3 is 15.1 Å². The molecule has 5 rings (SSSR count). The Labute approximate surface area is 187 Å². The maximum atomic E-state index is 12.9. The molecule has 168 valence electrons. The Hall–Kier alpha value is -1.59. The molecule has 2 aromatic rings. The van der Waals surface area contributed by atoms with E-state index >= 15 is 0 Å². The van der Waals surface area contributed by atoms with Crippen LogP contribution in [0.2, 0.25) is 0 Å². The highest BCUT2D eigenvalue weighted by Gasteiger charge is 2.49. The molecule has 0 radical (unpaired) electrons. The quantitative estimate of drug-likeness (QED) is 0.675. The number of nitrogens with one attached hydrogen (secondary N) is 1. The first-order valence-corrected chi connectivity index (χ1v) is 11.8. The van der Waals surface area contributed by atoms with Gasteiger partial charge in [0.05, 0.1) is 22.6 Å². The Bertz CT molecular complexity index is 993. The molecule has 0 saturated carbocycles. The fourth-order valence-corrected chi connectivity index (χ4v) is 6.69. The maximum Gasteiger partial charge on any atom is 0.393 e. The first-order valence-electron chi connectivity index (χ1n) is 10.5. The first kappa shape index (κ1) is 21.3. The monoisotopic (exact) mass is 471 g/mol. The number of aromatic nitrogens is 2. The summed E-state index contributed by atoms with van der Waals surface area (Å²) in [7, 11) is 0. The van der Waals surface area contributed by atoms with Crippen LogP contribution in [0.4, 0.5) is 19.0 Å². The van der Waals surface area contributed by atoms with Crippen LogP contribution in [0.15, 0.2) is 12.4 Å². The molecule has 0 unspecified atom stereocenters. The van der Waals surface area contributed by atoms with Crippen molar-refractivity contribution < 1.29 is 18.0 Å². The Kier molecular flexibility index (Phi) is 5.33. The number of piperidine rings is 1. The zero-order valence-electron chi connectivity index (χ0n) is 16.9. The number of carbonyl (C=O) groups is 1. The van der Waals surface area contributed by atoms with E-state index < -0.39 is 12.6 Å². The van der Waals surface area contributed by atoms with E-state index in [0.29, 0.717) is 35.7 Å². The molecule has 6 nitrogen and oxygen atoms in total. The van der Waals surface area contributed by atoms with Crippen LogP contribution in [0.3, 0.4) is 0 Å². The molecule has 3 aliphatic heterocycles. The van der Waals surface area contributed by atoms with E-state index in [9.17, 15) is 18.0 Å². The number of amides is 1. The second kappa shape index (κ2) is 7.77. The number of carbonyl (C=O) groups excluding carboxylic acids is 1. The van der Waals surface area contributed by atoms with Crippen LogP contribution in [-0.2, 0) is 11.2 Å². The third-order valence-electron chi connectivity index (χ3n) is 6.58. The maximum absolute atomic E-state index is 12.9. The molecule has 11 heteroatoms. The molecule has 1 N–H and O–H groups in total. The van der Waals surface area contributed by atoms with Gasteiger partial charge in [-0.1, -0.05) is 0 Å². The van der Waals surface area contributed by atoms with Gasteiger partial charge in [0, 0.05) is 31.1 Å². The lowest BCUT2D eigenvalue weighted by Gasteiger charge is -2.41. The first-order chi connectivity index (χ1) is 14.7. The molecule has 3 aliphatic rings. The number of fused-ring (bicyclic) bond motifs is 2. The molecule has 2 aromatic heterocycles. The van der Waals surface area contributed by atoms with E-state index in [0.717, 1.165) is 43.7 Å². The number of anilines is 1. The van der Waals surface area contributed by atoms with Crippen LogP contribution in [0.5, 0.6) is 0 Å². The third kappa shape index (κ3) is 4.11. The van der Waals surface area contributed by atoms with Crippen molar-refractivity contribution >= 4 is 45.9 Å². The number of hydrogen-bond acceptors (Lipinski definition) is 7. The molecule has 31 heavy (non-hydrogen) atoms. The van der Waals surface area contributed by atoms with Crippen LogP contribution >= 0.6 is 24.0 Å². The minimum Gasteiger partial charge on any atom is -0.354 e. The molecular weight excluding hydrogens is 447 g/mol. The number of thiol groups is 1. The highest BCUT2D eigenvalue weighted by molar-refractivity contribution is 7.82. The topological polar surface area (TPSA) is 61.4 Å². The highest BCUT2D eigenvalue weighted by Crippen LogP contribution is 2.43. The van der Waals surface area contributed by atoms with Gasteiger partial charge in [-0.05, 0) is 37.8 Å². The van der Waals surface area contributed by atoms with Gasteiger partial charge in [-0.3, -0.25) is 4.79 Å². The van der Waals surface area contributed by atoms with Crippen LogP contribution in [0.25, 0.3) is 10.2 Å². The summed E-state index contributed by atoms with van der Waals surface area (Å²) >= 11 is 6.09. The Morgan fingerprint density at radius 1 is 1.32 bits per heavy atom. The van der Waals surface area contributed by atoms with E-state index in [1.54, 1.807) is 6.07 Å². The van der Waals surface area contributed by atoms with E-state index in [1.807, 2.05) is 4.90 Å². The largest absolute Gasteiger partial charge is 0.393 e. The number of rotatable bonds is 3. The molecule has 1 amide bonds. The van der Waals surface area contributed by atoms with E-state index in [-0.39, 0.29) is 27.5 Å². The molecular formula is C20H24F3N5OS2. The van der Waals surface area contributed by atoms with Gasteiger partial charge in [-0.15, -0.1) is 11.3 Å². The Balaban J connectivity index is 1.36. The lowest BCUT2D eigenvalue weighted by atomic mass is 9.87. The second-order valence-corrected chi connectivity index (χ2v) is 10.8. The second-order valence-electron chi connectivity index (χ2n) is 8.80. The summed E-state index contributed by atoms with van der Waals surface area (Å²) in [5.74, 6) is 1.10.